The summed E-state index contributed by atoms with van der Waals surface area (Å²) in [4.78, 5) is 10.9. The molecule has 0 radical (unpaired) electrons. The fraction of sp³-hybridized carbons (Fsp3) is 0.364. The summed E-state index contributed by atoms with van der Waals surface area (Å²) in [6.45, 7) is 1.62. The summed E-state index contributed by atoms with van der Waals surface area (Å²) >= 11 is 0. The lowest BCUT2D eigenvalue weighted by Gasteiger charge is -2.29. The number of hydrogen-bond acceptors (Lipinski definition) is 3. The summed E-state index contributed by atoms with van der Waals surface area (Å²) in [6, 6.07) is 2.73. The Labute approximate surface area is 91.8 Å². The van der Waals surface area contributed by atoms with Gasteiger partial charge in [-0.3, -0.25) is 4.79 Å². The molecule has 0 aliphatic carbocycles. The molecule has 16 heavy (non-hydrogen) atoms. The minimum absolute atomic E-state index is 0.124. The highest BCUT2D eigenvalue weighted by atomic mass is 19.1. The molecule has 86 valence electrons. The van der Waals surface area contributed by atoms with Crippen LogP contribution >= 0.6 is 0 Å². The predicted octanol–water partition coefficient (Wildman–Crippen LogP) is 1.43. The molecule has 2 unspecified atom stereocenters. The van der Waals surface area contributed by atoms with Gasteiger partial charge in [0, 0.05) is 17.3 Å². The largest absolute Gasteiger partial charge is 0.486 e. The van der Waals surface area contributed by atoms with Crippen LogP contribution < -0.4 is 10.5 Å². The van der Waals surface area contributed by atoms with Gasteiger partial charge in [-0.1, -0.05) is 0 Å². The number of aliphatic carboxylic acids is 1. The normalized spacial score (nSPS) is 23.4. The van der Waals surface area contributed by atoms with E-state index in [4.69, 9.17) is 15.6 Å². The van der Waals surface area contributed by atoms with Crippen molar-refractivity contribution in [3.63, 3.8) is 0 Å². The lowest BCUT2D eigenvalue weighted by molar-refractivity contribution is -0.145. The number of halogens is 1. The molecule has 2 atom stereocenters. The van der Waals surface area contributed by atoms with Crippen LogP contribution in [0.4, 0.5) is 10.1 Å². The van der Waals surface area contributed by atoms with Crippen molar-refractivity contribution in [3.8, 4) is 5.75 Å². The molecule has 1 heterocycles. The Morgan fingerprint density at radius 1 is 1.62 bits per heavy atom. The maximum atomic E-state index is 13.5. The van der Waals surface area contributed by atoms with Gasteiger partial charge >= 0.3 is 5.97 Å². The predicted molar refractivity (Wildman–Crippen MR) is 55.7 cm³/mol. The number of nitrogen functional groups attached to an aromatic ring is 1. The number of rotatable bonds is 1. The first-order chi connectivity index (χ1) is 7.49. The standard InChI is InChI=1S/C11H12FNO3/c1-5-8(11(14)15)3-6-2-7(13)4-9(12)10(6)16-5/h2,4-5,8H,3,13H2,1H3,(H,14,15). The smallest absolute Gasteiger partial charge is 0.310 e. The van der Waals surface area contributed by atoms with Crippen molar-refractivity contribution in [1.29, 1.82) is 0 Å². The van der Waals surface area contributed by atoms with E-state index in [1.165, 1.54) is 6.07 Å². The lowest BCUT2D eigenvalue weighted by Crippen LogP contribution is -2.36. The SMILES string of the molecule is CC1Oc2c(F)cc(N)cc2CC1C(=O)O. The van der Waals surface area contributed by atoms with Gasteiger partial charge in [0.2, 0.25) is 0 Å². The molecule has 0 aromatic heterocycles. The van der Waals surface area contributed by atoms with Crippen LogP contribution in [0.5, 0.6) is 5.75 Å². The number of hydrogen-bond donors (Lipinski definition) is 2. The Morgan fingerprint density at radius 3 is 2.94 bits per heavy atom. The highest BCUT2D eigenvalue weighted by molar-refractivity contribution is 5.72. The molecule has 0 saturated carbocycles. The van der Waals surface area contributed by atoms with Crippen LogP contribution in [0.15, 0.2) is 12.1 Å². The number of benzene rings is 1. The van der Waals surface area contributed by atoms with E-state index in [-0.39, 0.29) is 17.9 Å². The Kier molecular flexibility index (Phi) is 2.46. The van der Waals surface area contributed by atoms with E-state index in [1.807, 2.05) is 0 Å². The van der Waals surface area contributed by atoms with Crippen LogP contribution in [0.3, 0.4) is 0 Å². The zero-order chi connectivity index (χ0) is 11.9. The van der Waals surface area contributed by atoms with Crippen molar-refractivity contribution >= 4 is 11.7 Å². The van der Waals surface area contributed by atoms with Gasteiger partial charge in [0.25, 0.3) is 0 Å². The van der Waals surface area contributed by atoms with Crippen molar-refractivity contribution < 1.29 is 19.0 Å². The molecule has 1 aliphatic rings. The average Bonchev–Trinajstić information content (AvgIpc) is 2.18. The van der Waals surface area contributed by atoms with Crippen molar-refractivity contribution in [3.05, 3.63) is 23.5 Å². The molecule has 0 spiro atoms. The highest BCUT2D eigenvalue weighted by Gasteiger charge is 2.33. The second-order valence-electron chi connectivity index (χ2n) is 3.96. The van der Waals surface area contributed by atoms with Crippen LogP contribution in [-0.2, 0) is 11.2 Å². The van der Waals surface area contributed by atoms with Crippen molar-refractivity contribution in [2.75, 3.05) is 5.73 Å². The van der Waals surface area contributed by atoms with Gasteiger partial charge in [-0.25, -0.2) is 4.39 Å². The van der Waals surface area contributed by atoms with Crippen LogP contribution in [0.1, 0.15) is 12.5 Å². The number of carboxylic acids is 1. The first kappa shape index (κ1) is 10.7. The van der Waals surface area contributed by atoms with Gasteiger partial charge in [0.1, 0.15) is 6.10 Å². The molecule has 0 amide bonds. The molecule has 0 bridgehead atoms. The summed E-state index contributed by atoms with van der Waals surface area (Å²) in [5, 5.41) is 8.97. The van der Waals surface area contributed by atoms with E-state index in [0.717, 1.165) is 0 Å². The van der Waals surface area contributed by atoms with Crippen molar-refractivity contribution in [1.82, 2.24) is 0 Å². The first-order valence-electron chi connectivity index (χ1n) is 4.96. The summed E-state index contributed by atoms with van der Waals surface area (Å²) in [5.41, 5.74) is 6.29. The average molecular weight is 225 g/mol. The number of carboxylic acid groups (broad SMARTS) is 1. The fourth-order valence-corrected chi connectivity index (χ4v) is 1.92. The maximum absolute atomic E-state index is 13.5. The third-order valence-corrected chi connectivity index (χ3v) is 2.77. The third-order valence-electron chi connectivity index (χ3n) is 2.77. The second-order valence-corrected chi connectivity index (χ2v) is 3.96. The van der Waals surface area contributed by atoms with Crippen LogP contribution in [-0.4, -0.2) is 17.2 Å². The number of ether oxygens (including phenoxy) is 1. The van der Waals surface area contributed by atoms with E-state index >= 15 is 0 Å². The van der Waals surface area contributed by atoms with Gasteiger partial charge in [-0.2, -0.15) is 0 Å². The minimum Gasteiger partial charge on any atom is -0.486 e. The lowest BCUT2D eigenvalue weighted by atomic mass is 9.91. The van der Waals surface area contributed by atoms with Gasteiger partial charge in [-0.05, 0) is 19.4 Å². The molecular formula is C11H12FNO3. The van der Waals surface area contributed by atoms with Crippen molar-refractivity contribution in [2.24, 2.45) is 5.92 Å². The molecule has 3 N–H and O–H groups in total. The Balaban J connectivity index is 2.43. The Hall–Kier alpha value is -1.78. The van der Waals surface area contributed by atoms with E-state index in [9.17, 15) is 9.18 Å². The monoisotopic (exact) mass is 225 g/mol. The van der Waals surface area contributed by atoms with E-state index < -0.39 is 23.8 Å². The molecule has 5 heteroatoms. The van der Waals surface area contributed by atoms with E-state index in [2.05, 4.69) is 0 Å². The first-order valence-corrected chi connectivity index (χ1v) is 4.96. The highest BCUT2D eigenvalue weighted by Crippen LogP contribution is 2.34. The number of carbonyl (C=O) groups is 1. The summed E-state index contributed by atoms with van der Waals surface area (Å²) in [5.74, 6) is -2.01. The molecule has 0 saturated heterocycles. The van der Waals surface area contributed by atoms with Crippen LogP contribution in [0, 0.1) is 11.7 Å². The Morgan fingerprint density at radius 2 is 2.31 bits per heavy atom. The number of anilines is 1. The zero-order valence-corrected chi connectivity index (χ0v) is 8.74. The Bertz CT molecular complexity index is 447. The van der Waals surface area contributed by atoms with Crippen LogP contribution in [0.25, 0.3) is 0 Å². The van der Waals surface area contributed by atoms with Crippen LogP contribution in [0.2, 0.25) is 0 Å². The molecular weight excluding hydrogens is 213 g/mol. The topological polar surface area (TPSA) is 72.5 Å². The number of fused-ring (bicyclic) bond motifs is 1. The molecule has 1 aromatic carbocycles. The zero-order valence-electron chi connectivity index (χ0n) is 8.74. The van der Waals surface area contributed by atoms with Gasteiger partial charge in [0.15, 0.2) is 11.6 Å². The van der Waals surface area contributed by atoms with Gasteiger partial charge in [-0.15, -0.1) is 0 Å². The molecule has 4 nitrogen and oxygen atoms in total. The summed E-state index contributed by atoms with van der Waals surface area (Å²) < 4.78 is 18.8. The van der Waals surface area contributed by atoms with E-state index in [0.29, 0.717) is 5.56 Å². The van der Waals surface area contributed by atoms with Gasteiger partial charge in [0.05, 0.1) is 5.92 Å². The maximum Gasteiger partial charge on any atom is 0.310 e. The molecule has 1 aromatic rings. The molecule has 2 rings (SSSR count). The fourth-order valence-electron chi connectivity index (χ4n) is 1.92. The molecule has 0 fully saturated rings. The van der Waals surface area contributed by atoms with E-state index in [1.54, 1.807) is 13.0 Å². The quantitative estimate of drug-likeness (QED) is 0.709. The van der Waals surface area contributed by atoms with Crippen molar-refractivity contribution in [2.45, 2.75) is 19.4 Å². The molecule has 1 aliphatic heterocycles. The minimum atomic E-state index is -0.944. The summed E-state index contributed by atoms with van der Waals surface area (Å²) in [6.07, 6.45) is -0.295. The second kappa shape index (κ2) is 3.66. The third kappa shape index (κ3) is 1.68. The van der Waals surface area contributed by atoms with Gasteiger partial charge < -0.3 is 15.6 Å². The summed E-state index contributed by atoms with van der Waals surface area (Å²) in [7, 11) is 0. The number of nitrogens with two attached hydrogens (primary N) is 1.